The third kappa shape index (κ3) is 3.64. The minimum atomic E-state index is -0.981. The van der Waals surface area contributed by atoms with Gasteiger partial charge in [-0.3, -0.25) is 4.79 Å². The van der Waals surface area contributed by atoms with Crippen LogP contribution in [0.1, 0.15) is 12.0 Å². The monoisotopic (exact) mass is 239 g/mol. The summed E-state index contributed by atoms with van der Waals surface area (Å²) in [7, 11) is 3.13. The number of carboxylic acid groups (broad SMARTS) is 1. The van der Waals surface area contributed by atoms with E-state index in [2.05, 4.69) is 0 Å². The Balaban J connectivity index is 2.69. The molecule has 0 spiro atoms. The van der Waals surface area contributed by atoms with Gasteiger partial charge in [0.15, 0.2) is 11.5 Å². The fourth-order valence-electron chi connectivity index (χ4n) is 1.48. The van der Waals surface area contributed by atoms with E-state index < -0.39 is 12.0 Å². The van der Waals surface area contributed by atoms with E-state index in [1.807, 2.05) is 12.1 Å². The zero-order valence-corrected chi connectivity index (χ0v) is 9.97. The fourth-order valence-corrected chi connectivity index (χ4v) is 1.48. The maximum Gasteiger partial charge on any atom is 0.320 e. The van der Waals surface area contributed by atoms with Crippen LogP contribution in [0.4, 0.5) is 0 Å². The molecule has 1 rings (SSSR count). The van der Waals surface area contributed by atoms with Crippen LogP contribution < -0.4 is 15.2 Å². The number of carboxylic acids is 1. The van der Waals surface area contributed by atoms with E-state index in [9.17, 15) is 4.79 Å². The van der Waals surface area contributed by atoms with Crippen LogP contribution in [0, 0.1) is 0 Å². The highest BCUT2D eigenvalue weighted by molar-refractivity contribution is 5.73. The molecule has 0 aromatic heterocycles. The molecule has 0 saturated heterocycles. The summed E-state index contributed by atoms with van der Waals surface area (Å²) in [4.78, 5) is 10.6. The van der Waals surface area contributed by atoms with Gasteiger partial charge in [0.25, 0.3) is 0 Å². The van der Waals surface area contributed by atoms with Crippen molar-refractivity contribution in [3.05, 3.63) is 23.8 Å². The molecule has 0 aliphatic heterocycles. The van der Waals surface area contributed by atoms with Gasteiger partial charge in [0.2, 0.25) is 0 Å². The molecule has 5 nitrogen and oxygen atoms in total. The zero-order valence-electron chi connectivity index (χ0n) is 9.97. The van der Waals surface area contributed by atoms with Gasteiger partial charge in [0, 0.05) is 0 Å². The average molecular weight is 239 g/mol. The number of aryl methyl sites for hydroxylation is 1. The molecule has 3 N–H and O–H groups in total. The highest BCUT2D eigenvalue weighted by atomic mass is 16.5. The highest BCUT2D eigenvalue weighted by Gasteiger charge is 2.12. The third-order valence-electron chi connectivity index (χ3n) is 2.51. The van der Waals surface area contributed by atoms with Crippen molar-refractivity contribution in [1.82, 2.24) is 0 Å². The van der Waals surface area contributed by atoms with Gasteiger partial charge in [-0.05, 0) is 30.5 Å². The molecule has 0 aliphatic rings. The Bertz CT molecular complexity index is 392. The number of hydrogen-bond donors (Lipinski definition) is 2. The van der Waals surface area contributed by atoms with Gasteiger partial charge < -0.3 is 20.3 Å². The minimum Gasteiger partial charge on any atom is -0.493 e. The SMILES string of the molecule is COc1ccc(CCC(N)C(=O)O)cc1OC. The zero-order chi connectivity index (χ0) is 12.8. The molecular formula is C12H17NO4. The molecule has 0 amide bonds. The maximum absolute atomic E-state index is 10.6. The Hall–Kier alpha value is -1.75. The Morgan fingerprint density at radius 1 is 1.35 bits per heavy atom. The summed E-state index contributed by atoms with van der Waals surface area (Å²) < 4.78 is 10.3. The van der Waals surface area contributed by atoms with Gasteiger partial charge in [0.1, 0.15) is 6.04 Å². The Labute approximate surface area is 100 Å². The van der Waals surface area contributed by atoms with E-state index in [1.54, 1.807) is 20.3 Å². The van der Waals surface area contributed by atoms with Crippen molar-refractivity contribution in [3.63, 3.8) is 0 Å². The van der Waals surface area contributed by atoms with Crippen molar-refractivity contribution in [2.24, 2.45) is 5.73 Å². The van der Waals surface area contributed by atoms with Crippen molar-refractivity contribution in [2.75, 3.05) is 14.2 Å². The normalized spacial score (nSPS) is 11.9. The first-order valence-corrected chi connectivity index (χ1v) is 5.27. The van der Waals surface area contributed by atoms with Crippen LogP contribution >= 0.6 is 0 Å². The molecule has 0 heterocycles. The van der Waals surface area contributed by atoms with E-state index in [0.29, 0.717) is 24.3 Å². The molecule has 1 atom stereocenters. The van der Waals surface area contributed by atoms with E-state index in [4.69, 9.17) is 20.3 Å². The van der Waals surface area contributed by atoms with Gasteiger partial charge in [-0.25, -0.2) is 0 Å². The molecule has 5 heteroatoms. The molecule has 1 aromatic rings. The van der Waals surface area contributed by atoms with Crippen LogP contribution in [0.15, 0.2) is 18.2 Å². The summed E-state index contributed by atoms with van der Waals surface area (Å²) in [6.07, 6.45) is 0.985. The molecule has 1 unspecified atom stereocenters. The van der Waals surface area contributed by atoms with E-state index in [0.717, 1.165) is 5.56 Å². The van der Waals surface area contributed by atoms with Crippen molar-refractivity contribution in [3.8, 4) is 11.5 Å². The molecule has 0 saturated carbocycles. The Kier molecular flexibility index (Phi) is 4.78. The Morgan fingerprint density at radius 2 is 2.00 bits per heavy atom. The molecule has 0 aliphatic carbocycles. The molecule has 1 aromatic carbocycles. The standard InChI is InChI=1S/C12H17NO4/c1-16-10-6-4-8(7-11(10)17-2)3-5-9(13)12(14)15/h4,6-7,9H,3,5,13H2,1-2H3,(H,14,15). The van der Waals surface area contributed by atoms with Crippen LogP contribution in [0.5, 0.6) is 11.5 Å². The van der Waals surface area contributed by atoms with Crippen LogP contribution in [-0.2, 0) is 11.2 Å². The predicted octanol–water partition coefficient (Wildman–Crippen LogP) is 1.05. The third-order valence-corrected chi connectivity index (χ3v) is 2.51. The fraction of sp³-hybridized carbons (Fsp3) is 0.417. The van der Waals surface area contributed by atoms with Crippen molar-refractivity contribution in [2.45, 2.75) is 18.9 Å². The van der Waals surface area contributed by atoms with Crippen molar-refractivity contribution in [1.29, 1.82) is 0 Å². The smallest absolute Gasteiger partial charge is 0.320 e. The average Bonchev–Trinajstić information content (AvgIpc) is 2.35. The number of rotatable bonds is 6. The van der Waals surface area contributed by atoms with Gasteiger partial charge in [-0.15, -0.1) is 0 Å². The summed E-state index contributed by atoms with van der Waals surface area (Å²) in [5, 5.41) is 8.67. The largest absolute Gasteiger partial charge is 0.493 e. The van der Waals surface area contributed by atoms with Crippen molar-refractivity contribution >= 4 is 5.97 Å². The Morgan fingerprint density at radius 3 is 2.53 bits per heavy atom. The first-order valence-electron chi connectivity index (χ1n) is 5.27. The summed E-state index contributed by atoms with van der Waals surface area (Å²) in [6, 6.07) is 4.66. The number of hydrogen-bond acceptors (Lipinski definition) is 4. The summed E-state index contributed by atoms with van der Waals surface area (Å²) in [6.45, 7) is 0. The predicted molar refractivity (Wildman–Crippen MR) is 63.5 cm³/mol. The van der Waals surface area contributed by atoms with Crippen LogP contribution in [-0.4, -0.2) is 31.3 Å². The van der Waals surface area contributed by atoms with E-state index in [-0.39, 0.29) is 0 Å². The van der Waals surface area contributed by atoms with Gasteiger partial charge in [-0.2, -0.15) is 0 Å². The first-order chi connectivity index (χ1) is 8.08. The molecule has 17 heavy (non-hydrogen) atoms. The van der Waals surface area contributed by atoms with Crippen LogP contribution in [0.3, 0.4) is 0 Å². The lowest BCUT2D eigenvalue weighted by Gasteiger charge is -2.10. The summed E-state index contributed by atoms with van der Waals surface area (Å²) in [5.74, 6) is 0.304. The second-order valence-electron chi connectivity index (χ2n) is 3.67. The lowest BCUT2D eigenvalue weighted by Crippen LogP contribution is -2.30. The second-order valence-corrected chi connectivity index (χ2v) is 3.67. The number of nitrogens with two attached hydrogens (primary N) is 1. The second kappa shape index (κ2) is 6.10. The number of benzene rings is 1. The number of carbonyl (C=O) groups is 1. The first kappa shape index (κ1) is 13.3. The molecule has 0 radical (unpaired) electrons. The quantitative estimate of drug-likeness (QED) is 0.775. The number of aliphatic carboxylic acids is 1. The van der Waals surface area contributed by atoms with Gasteiger partial charge in [-0.1, -0.05) is 6.07 Å². The molecule has 0 fully saturated rings. The topological polar surface area (TPSA) is 81.8 Å². The molecule has 0 bridgehead atoms. The van der Waals surface area contributed by atoms with Crippen LogP contribution in [0.25, 0.3) is 0 Å². The molecular weight excluding hydrogens is 222 g/mol. The lowest BCUT2D eigenvalue weighted by molar-refractivity contribution is -0.138. The highest BCUT2D eigenvalue weighted by Crippen LogP contribution is 2.27. The minimum absolute atomic E-state index is 0.394. The number of methoxy groups -OCH3 is 2. The summed E-state index contributed by atoms with van der Waals surface area (Å²) >= 11 is 0. The maximum atomic E-state index is 10.6. The lowest BCUT2D eigenvalue weighted by atomic mass is 10.1. The van der Waals surface area contributed by atoms with E-state index in [1.165, 1.54) is 0 Å². The molecule has 94 valence electrons. The summed E-state index contributed by atoms with van der Waals surface area (Å²) in [5.41, 5.74) is 6.41. The van der Waals surface area contributed by atoms with Crippen molar-refractivity contribution < 1.29 is 19.4 Å². The van der Waals surface area contributed by atoms with Gasteiger partial charge in [0.05, 0.1) is 14.2 Å². The number of ether oxygens (including phenoxy) is 2. The van der Waals surface area contributed by atoms with Crippen LogP contribution in [0.2, 0.25) is 0 Å². The van der Waals surface area contributed by atoms with E-state index >= 15 is 0 Å². The van der Waals surface area contributed by atoms with Gasteiger partial charge >= 0.3 is 5.97 Å².